The Morgan fingerprint density at radius 2 is 2.09 bits per heavy atom. The van der Waals surface area contributed by atoms with Gasteiger partial charge in [0.25, 0.3) is 5.91 Å². The number of amides is 1. The highest BCUT2D eigenvalue weighted by Gasteiger charge is 2.35. The average Bonchev–Trinajstić information content (AvgIpc) is 3.06. The number of carbonyl (C=O) groups excluding carboxylic acids is 1. The minimum Gasteiger partial charge on any atom is -0.346 e. The molecule has 1 aromatic heterocycles. The molecular formula is C17H18ClN3OS. The maximum atomic E-state index is 12.5. The van der Waals surface area contributed by atoms with E-state index >= 15 is 0 Å². The quantitative estimate of drug-likeness (QED) is 0.926. The van der Waals surface area contributed by atoms with Gasteiger partial charge in [-0.1, -0.05) is 29.8 Å². The van der Waals surface area contributed by atoms with Crippen molar-refractivity contribution in [1.29, 1.82) is 0 Å². The fraction of sp³-hybridized carbons (Fsp3) is 0.412. The maximum absolute atomic E-state index is 12.5. The fourth-order valence-corrected chi connectivity index (χ4v) is 4.68. The van der Waals surface area contributed by atoms with E-state index in [2.05, 4.69) is 15.2 Å². The first-order chi connectivity index (χ1) is 11.2. The van der Waals surface area contributed by atoms with Crippen molar-refractivity contribution in [2.45, 2.75) is 18.9 Å². The van der Waals surface area contributed by atoms with Crippen LogP contribution in [0, 0.1) is 5.92 Å². The first-order valence-electron chi connectivity index (χ1n) is 7.94. The van der Waals surface area contributed by atoms with Crippen LogP contribution in [0.2, 0.25) is 5.02 Å². The van der Waals surface area contributed by atoms with Gasteiger partial charge in [0.05, 0.1) is 4.88 Å². The third-order valence-corrected chi connectivity index (χ3v) is 6.17. The second-order valence-corrected chi connectivity index (χ2v) is 7.67. The third kappa shape index (κ3) is 3.01. The molecule has 4 heterocycles. The zero-order valence-electron chi connectivity index (χ0n) is 12.7. The second-order valence-electron chi connectivity index (χ2n) is 6.23. The molecule has 1 atom stereocenters. The van der Waals surface area contributed by atoms with Gasteiger partial charge in [-0.3, -0.25) is 4.79 Å². The number of fused-ring (bicyclic) bond motifs is 3. The third-order valence-electron chi connectivity index (χ3n) is 4.81. The van der Waals surface area contributed by atoms with Gasteiger partial charge in [-0.2, -0.15) is 0 Å². The number of nitrogens with zero attached hydrogens (tertiary/aromatic N) is 2. The van der Waals surface area contributed by atoms with Crippen LogP contribution in [0.1, 0.15) is 22.6 Å². The van der Waals surface area contributed by atoms with Crippen LogP contribution in [0.25, 0.3) is 10.4 Å². The van der Waals surface area contributed by atoms with Gasteiger partial charge in [0.1, 0.15) is 0 Å². The predicted molar refractivity (Wildman–Crippen MR) is 93.0 cm³/mol. The lowest BCUT2D eigenvalue weighted by atomic mass is 9.84. The number of hydrogen-bond donors (Lipinski definition) is 1. The molecule has 5 rings (SSSR count). The Morgan fingerprint density at radius 1 is 1.30 bits per heavy atom. The van der Waals surface area contributed by atoms with E-state index in [1.54, 1.807) is 6.20 Å². The summed E-state index contributed by atoms with van der Waals surface area (Å²) in [5, 5.41) is 4.37. The van der Waals surface area contributed by atoms with E-state index < -0.39 is 0 Å². The van der Waals surface area contributed by atoms with Crippen LogP contribution >= 0.6 is 22.9 Å². The number of aromatic nitrogens is 1. The van der Waals surface area contributed by atoms with Gasteiger partial charge in [0.2, 0.25) is 0 Å². The molecule has 1 amide bonds. The lowest BCUT2D eigenvalue weighted by Gasteiger charge is -2.44. The number of halogens is 1. The van der Waals surface area contributed by atoms with Crippen molar-refractivity contribution in [3.05, 3.63) is 40.5 Å². The first kappa shape index (κ1) is 15.1. The minimum atomic E-state index is -0.0629. The molecule has 2 bridgehead atoms. The summed E-state index contributed by atoms with van der Waals surface area (Å²) in [7, 11) is 0. The normalized spacial score (nSPS) is 26.2. The Morgan fingerprint density at radius 3 is 2.78 bits per heavy atom. The minimum absolute atomic E-state index is 0.0629. The topological polar surface area (TPSA) is 45.2 Å². The van der Waals surface area contributed by atoms with Crippen LogP contribution in [0.4, 0.5) is 0 Å². The molecule has 0 spiro atoms. The number of nitrogens with one attached hydrogen (secondary N) is 1. The van der Waals surface area contributed by atoms with Crippen molar-refractivity contribution in [2.24, 2.45) is 5.92 Å². The fourth-order valence-electron chi connectivity index (χ4n) is 3.52. The van der Waals surface area contributed by atoms with Gasteiger partial charge in [-0.25, -0.2) is 4.98 Å². The van der Waals surface area contributed by atoms with E-state index in [4.69, 9.17) is 11.6 Å². The van der Waals surface area contributed by atoms with E-state index in [1.165, 1.54) is 37.3 Å². The van der Waals surface area contributed by atoms with Gasteiger partial charge in [0, 0.05) is 29.4 Å². The summed E-state index contributed by atoms with van der Waals surface area (Å²) in [6.45, 7) is 3.31. The van der Waals surface area contributed by atoms with Crippen LogP contribution in [0.3, 0.4) is 0 Å². The van der Waals surface area contributed by atoms with Gasteiger partial charge in [-0.05, 0) is 37.9 Å². The molecule has 0 radical (unpaired) electrons. The van der Waals surface area contributed by atoms with Gasteiger partial charge < -0.3 is 10.2 Å². The summed E-state index contributed by atoms with van der Waals surface area (Å²) in [6.07, 6.45) is 4.11. The molecule has 6 heteroatoms. The molecule has 2 aromatic rings. The smallest absolute Gasteiger partial charge is 0.280 e. The summed E-state index contributed by atoms with van der Waals surface area (Å²) in [5.41, 5.74) is 0.925. The Kier molecular flexibility index (Phi) is 4.09. The summed E-state index contributed by atoms with van der Waals surface area (Å²) < 4.78 is 0. The molecule has 3 aliphatic heterocycles. The summed E-state index contributed by atoms with van der Waals surface area (Å²) in [6, 6.07) is 7.90. The summed E-state index contributed by atoms with van der Waals surface area (Å²) in [5.74, 6) is 0.555. The Labute approximate surface area is 144 Å². The van der Waals surface area contributed by atoms with Crippen molar-refractivity contribution in [2.75, 3.05) is 19.6 Å². The predicted octanol–water partition coefficient (Wildman–Crippen LogP) is 3.29. The zero-order chi connectivity index (χ0) is 15.8. The molecule has 0 saturated carbocycles. The Bertz CT molecular complexity index is 724. The maximum Gasteiger partial charge on any atom is 0.280 e. The lowest BCUT2D eigenvalue weighted by molar-refractivity contribution is 0.0620. The van der Waals surface area contributed by atoms with Crippen LogP contribution in [0.5, 0.6) is 0 Å². The molecular weight excluding hydrogens is 330 g/mol. The lowest BCUT2D eigenvalue weighted by Crippen LogP contribution is -2.57. The van der Waals surface area contributed by atoms with Crippen LogP contribution in [0.15, 0.2) is 30.5 Å². The molecule has 3 fully saturated rings. The van der Waals surface area contributed by atoms with Crippen molar-refractivity contribution >= 4 is 28.8 Å². The van der Waals surface area contributed by atoms with Crippen molar-refractivity contribution in [3.63, 3.8) is 0 Å². The molecule has 3 saturated heterocycles. The molecule has 1 aromatic carbocycles. The highest BCUT2D eigenvalue weighted by atomic mass is 35.5. The number of rotatable bonds is 3. The second kappa shape index (κ2) is 6.23. The molecule has 0 aliphatic carbocycles. The van der Waals surface area contributed by atoms with Crippen molar-refractivity contribution < 1.29 is 4.79 Å². The van der Waals surface area contributed by atoms with E-state index in [1.807, 2.05) is 24.3 Å². The number of piperidine rings is 3. The number of benzene rings is 1. The first-order valence-corrected chi connectivity index (χ1v) is 9.14. The highest BCUT2D eigenvalue weighted by Crippen LogP contribution is 2.32. The summed E-state index contributed by atoms with van der Waals surface area (Å²) in [4.78, 5) is 20.2. The van der Waals surface area contributed by atoms with E-state index in [9.17, 15) is 4.79 Å². The summed E-state index contributed by atoms with van der Waals surface area (Å²) >= 11 is 7.61. The highest BCUT2D eigenvalue weighted by molar-refractivity contribution is 7.17. The molecule has 4 nitrogen and oxygen atoms in total. The molecule has 0 unspecified atom stereocenters. The average molecular weight is 348 g/mol. The molecule has 3 aliphatic rings. The number of carbonyl (C=O) groups is 1. The van der Waals surface area contributed by atoms with Crippen LogP contribution in [-0.2, 0) is 0 Å². The van der Waals surface area contributed by atoms with Crippen LogP contribution < -0.4 is 5.32 Å². The van der Waals surface area contributed by atoms with Gasteiger partial charge in [-0.15, -0.1) is 11.3 Å². The molecule has 23 heavy (non-hydrogen) atoms. The Balaban J connectivity index is 1.48. The Hall–Kier alpha value is -1.43. The van der Waals surface area contributed by atoms with Crippen molar-refractivity contribution in [3.8, 4) is 10.4 Å². The van der Waals surface area contributed by atoms with Gasteiger partial charge in [0.15, 0.2) is 5.01 Å². The molecule has 120 valence electrons. The molecule has 1 N–H and O–H groups in total. The zero-order valence-corrected chi connectivity index (χ0v) is 14.2. The largest absolute Gasteiger partial charge is 0.346 e. The number of thiazole rings is 1. The standard InChI is InChI=1S/C17H18ClN3OS/c18-13-4-2-1-3-12(13)15-9-19-17(23-15)16(22)20-14-10-21-7-5-11(14)6-8-21/h1-4,9,11,14H,5-8,10H2,(H,20,22)/t14-/m0/s1. The van der Waals surface area contributed by atoms with E-state index in [-0.39, 0.29) is 11.9 Å². The monoisotopic (exact) mass is 347 g/mol. The van der Waals surface area contributed by atoms with E-state index in [0.29, 0.717) is 15.9 Å². The van der Waals surface area contributed by atoms with E-state index in [0.717, 1.165) is 17.0 Å². The van der Waals surface area contributed by atoms with Crippen molar-refractivity contribution in [1.82, 2.24) is 15.2 Å². The number of hydrogen-bond acceptors (Lipinski definition) is 4. The van der Waals surface area contributed by atoms with Crippen LogP contribution in [-0.4, -0.2) is 41.5 Å². The van der Waals surface area contributed by atoms with Gasteiger partial charge >= 0.3 is 0 Å². The SMILES string of the molecule is O=C(N[C@H]1CN2CCC1CC2)c1ncc(-c2ccccc2Cl)s1.